The summed E-state index contributed by atoms with van der Waals surface area (Å²) in [5.41, 5.74) is 0.551. The Morgan fingerprint density at radius 1 is 1.33 bits per heavy atom. The molecule has 1 aromatic rings. The number of carbonyl (C=O) groups is 1. The maximum Gasteiger partial charge on any atom is 0.104 e. The van der Waals surface area contributed by atoms with E-state index in [0.717, 1.165) is 0 Å². The zero-order chi connectivity index (χ0) is 9.56. The van der Waals surface area contributed by atoms with Gasteiger partial charge in [0.05, 0.1) is 17.9 Å². The lowest BCUT2D eigenvalue weighted by Crippen LogP contribution is -2.23. The van der Waals surface area contributed by atoms with Gasteiger partial charge in [0.15, 0.2) is 0 Å². The molecule has 0 bridgehead atoms. The lowest BCUT2D eigenvalue weighted by Gasteiger charge is -1.98. The summed E-state index contributed by atoms with van der Waals surface area (Å²) in [6, 6.07) is 0. The summed E-state index contributed by atoms with van der Waals surface area (Å²) in [4.78, 5) is 17.4. The Bertz CT molecular complexity index is 244. The van der Waals surface area contributed by atoms with Gasteiger partial charge in [-0.3, -0.25) is 9.97 Å². The number of carboxylic acids is 1. The maximum atomic E-state index is 10.1. The molecular formula is C8H11N2O2-. The summed E-state index contributed by atoms with van der Waals surface area (Å²) < 4.78 is 0. The van der Waals surface area contributed by atoms with Gasteiger partial charge in [0, 0.05) is 6.20 Å². The van der Waals surface area contributed by atoms with Crippen LogP contribution in [0.5, 0.6) is 0 Å². The van der Waals surface area contributed by atoms with Gasteiger partial charge in [0.2, 0.25) is 0 Å². The Morgan fingerprint density at radius 2 is 1.92 bits per heavy atom. The molecule has 0 radical (unpaired) electrons. The number of nitrogens with zero attached hydrogens (tertiary/aromatic N) is 2. The summed E-state index contributed by atoms with van der Waals surface area (Å²) in [6.45, 7) is 5.73. The SMILES string of the molecule is CC.Cc1cnc(C(=O)[O-])cn1. The van der Waals surface area contributed by atoms with Gasteiger partial charge in [0.1, 0.15) is 5.69 Å². The Morgan fingerprint density at radius 3 is 2.25 bits per heavy atom. The third-order valence-electron chi connectivity index (χ3n) is 0.990. The molecule has 0 amide bonds. The largest absolute Gasteiger partial charge is 0.543 e. The van der Waals surface area contributed by atoms with Gasteiger partial charge in [-0.15, -0.1) is 0 Å². The first-order valence-corrected chi connectivity index (χ1v) is 3.70. The highest BCUT2D eigenvalue weighted by molar-refractivity contribution is 5.82. The van der Waals surface area contributed by atoms with Crippen LogP contribution in [0, 0.1) is 6.92 Å². The molecule has 0 aliphatic carbocycles. The van der Waals surface area contributed by atoms with Crippen molar-refractivity contribution in [2.24, 2.45) is 0 Å². The van der Waals surface area contributed by atoms with Gasteiger partial charge in [-0.2, -0.15) is 0 Å². The molecule has 1 heterocycles. The molecule has 0 aliphatic rings. The van der Waals surface area contributed by atoms with E-state index in [1.54, 1.807) is 6.92 Å². The van der Waals surface area contributed by atoms with E-state index in [1.165, 1.54) is 12.4 Å². The minimum atomic E-state index is -1.30. The van der Waals surface area contributed by atoms with Crippen LogP contribution in [0.1, 0.15) is 30.0 Å². The minimum absolute atomic E-state index is 0.134. The van der Waals surface area contributed by atoms with E-state index in [2.05, 4.69) is 9.97 Å². The van der Waals surface area contributed by atoms with Crippen LogP contribution in [0.4, 0.5) is 0 Å². The summed E-state index contributed by atoms with van der Waals surface area (Å²) in [5, 5.41) is 10.1. The molecule has 4 heteroatoms. The van der Waals surface area contributed by atoms with Crippen LogP contribution >= 0.6 is 0 Å². The van der Waals surface area contributed by atoms with Crippen molar-refractivity contribution in [3.05, 3.63) is 23.8 Å². The molecule has 66 valence electrons. The van der Waals surface area contributed by atoms with Crippen molar-refractivity contribution in [3.8, 4) is 0 Å². The predicted molar refractivity (Wildman–Crippen MR) is 42.4 cm³/mol. The molecule has 12 heavy (non-hydrogen) atoms. The third kappa shape index (κ3) is 3.09. The van der Waals surface area contributed by atoms with Gasteiger partial charge in [0.25, 0.3) is 0 Å². The van der Waals surface area contributed by atoms with Crippen LogP contribution < -0.4 is 5.11 Å². The van der Waals surface area contributed by atoms with E-state index >= 15 is 0 Å². The van der Waals surface area contributed by atoms with Gasteiger partial charge in [-0.25, -0.2) is 0 Å². The Labute approximate surface area is 71.3 Å². The number of hydrogen-bond acceptors (Lipinski definition) is 4. The van der Waals surface area contributed by atoms with Crippen molar-refractivity contribution in [2.75, 3.05) is 0 Å². The van der Waals surface area contributed by atoms with Crippen LogP contribution in [0.25, 0.3) is 0 Å². The molecular weight excluding hydrogens is 156 g/mol. The average molecular weight is 167 g/mol. The second kappa shape index (κ2) is 5.23. The molecule has 0 aromatic carbocycles. The van der Waals surface area contributed by atoms with E-state index in [1.807, 2.05) is 13.8 Å². The summed E-state index contributed by atoms with van der Waals surface area (Å²) >= 11 is 0. The van der Waals surface area contributed by atoms with Gasteiger partial charge < -0.3 is 9.90 Å². The van der Waals surface area contributed by atoms with Gasteiger partial charge in [-0.1, -0.05) is 13.8 Å². The minimum Gasteiger partial charge on any atom is -0.543 e. The highest BCUT2D eigenvalue weighted by Crippen LogP contribution is 1.90. The number of aromatic nitrogens is 2. The molecule has 1 aromatic heterocycles. The number of hydrogen-bond donors (Lipinski definition) is 0. The third-order valence-corrected chi connectivity index (χ3v) is 0.990. The van der Waals surface area contributed by atoms with Crippen molar-refractivity contribution in [2.45, 2.75) is 20.8 Å². The zero-order valence-corrected chi connectivity index (χ0v) is 7.37. The second-order valence-electron chi connectivity index (χ2n) is 1.83. The molecule has 0 atom stereocenters. The van der Waals surface area contributed by atoms with Crippen LogP contribution in [0.15, 0.2) is 12.4 Å². The van der Waals surface area contributed by atoms with Crippen molar-refractivity contribution < 1.29 is 9.90 Å². The number of rotatable bonds is 1. The van der Waals surface area contributed by atoms with Crippen LogP contribution in [-0.2, 0) is 0 Å². The molecule has 0 saturated carbocycles. The lowest BCUT2D eigenvalue weighted by molar-refractivity contribution is -0.255. The van der Waals surface area contributed by atoms with Crippen LogP contribution in [0.3, 0.4) is 0 Å². The van der Waals surface area contributed by atoms with E-state index in [4.69, 9.17) is 0 Å². The molecule has 4 nitrogen and oxygen atoms in total. The second-order valence-corrected chi connectivity index (χ2v) is 1.83. The van der Waals surface area contributed by atoms with Crippen molar-refractivity contribution in [1.82, 2.24) is 9.97 Å². The first-order chi connectivity index (χ1) is 5.70. The molecule has 0 spiro atoms. The highest BCUT2D eigenvalue weighted by Gasteiger charge is 1.92. The normalized spacial score (nSPS) is 8.25. The summed E-state index contributed by atoms with van der Waals surface area (Å²) in [5.74, 6) is -1.30. The summed E-state index contributed by atoms with van der Waals surface area (Å²) in [6.07, 6.45) is 2.55. The van der Waals surface area contributed by atoms with Gasteiger partial charge >= 0.3 is 0 Å². The fourth-order valence-corrected chi connectivity index (χ4v) is 0.498. The smallest absolute Gasteiger partial charge is 0.104 e. The number of aryl methyl sites for hydroxylation is 1. The number of carboxylic acid groups (broad SMARTS) is 1. The van der Waals surface area contributed by atoms with Crippen molar-refractivity contribution >= 4 is 5.97 Å². The highest BCUT2D eigenvalue weighted by atomic mass is 16.4. The molecule has 1 rings (SSSR count). The lowest BCUT2D eigenvalue weighted by atomic mass is 10.4. The topological polar surface area (TPSA) is 65.9 Å². The molecule has 0 aliphatic heterocycles. The van der Waals surface area contributed by atoms with E-state index in [0.29, 0.717) is 5.69 Å². The quantitative estimate of drug-likeness (QED) is 0.598. The van der Waals surface area contributed by atoms with E-state index in [9.17, 15) is 9.90 Å². The van der Waals surface area contributed by atoms with E-state index < -0.39 is 5.97 Å². The average Bonchev–Trinajstić information content (AvgIpc) is 2.09. The van der Waals surface area contributed by atoms with Crippen LogP contribution in [0.2, 0.25) is 0 Å². The van der Waals surface area contributed by atoms with E-state index in [-0.39, 0.29) is 5.69 Å². The Kier molecular flexibility index (Phi) is 4.60. The zero-order valence-electron chi connectivity index (χ0n) is 7.37. The molecule has 0 saturated heterocycles. The van der Waals surface area contributed by atoms with Crippen LogP contribution in [-0.4, -0.2) is 15.9 Å². The standard InChI is InChI=1S/C6H6N2O2.C2H6/c1-4-2-8-5(3-7-4)6(9)10;1-2/h2-3H,1H3,(H,9,10);1-2H3/p-1. The number of aromatic carboxylic acids is 1. The molecule has 0 fully saturated rings. The Balaban J connectivity index is 0.000000561. The summed E-state index contributed by atoms with van der Waals surface area (Å²) in [7, 11) is 0. The maximum absolute atomic E-state index is 10.1. The fourth-order valence-electron chi connectivity index (χ4n) is 0.498. The number of carbonyl (C=O) groups excluding carboxylic acids is 1. The monoisotopic (exact) mass is 167 g/mol. The molecule has 0 N–H and O–H groups in total. The first-order valence-electron chi connectivity index (χ1n) is 3.70. The van der Waals surface area contributed by atoms with Gasteiger partial charge in [-0.05, 0) is 6.92 Å². The first kappa shape index (κ1) is 10.6. The fraction of sp³-hybridized carbons (Fsp3) is 0.375. The predicted octanol–water partition coefficient (Wildman–Crippen LogP) is 0.175. The molecule has 0 unspecified atom stereocenters. The Hall–Kier alpha value is -1.45. The van der Waals surface area contributed by atoms with Crippen molar-refractivity contribution in [3.63, 3.8) is 0 Å². The van der Waals surface area contributed by atoms with Crippen molar-refractivity contribution in [1.29, 1.82) is 0 Å².